The normalized spacial score (nSPS) is 43.0. The summed E-state index contributed by atoms with van der Waals surface area (Å²) in [7, 11) is 0. The van der Waals surface area contributed by atoms with E-state index in [1.807, 2.05) is 0 Å². The van der Waals surface area contributed by atoms with E-state index in [0.717, 1.165) is 6.42 Å². The minimum absolute atomic E-state index is 0.00231. The summed E-state index contributed by atoms with van der Waals surface area (Å²) in [6.45, 7) is 0.0833. The third-order valence-corrected chi connectivity index (χ3v) is 3.31. The fourth-order valence-corrected chi connectivity index (χ4v) is 2.73. The molecule has 1 unspecified atom stereocenters. The predicted octanol–water partition coefficient (Wildman–Crippen LogP) is 0.984. The number of carbonyl (C=O) groups excluding carboxylic acids is 1. The molecule has 0 bridgehead atoms. The quantitative estimate of drug-likeness (QED) is 0.611. The number of aliphatic hydroxyl groups excluding tert-OH is 1. The van der Waals surface area contributed by atoms with Crippen molar-refractivity contribution >= 4 is 5.78 Å². The molecule has 0 aromatic carbocycles. The van der Waals surface area contributed by atoms with Gasteiger partial charge in [0.05, 0.1) is 6.61 Å². The van der Waals surface area contributed by atoms with Gasteiger partial charge in [-0.1, -0.05) is 6.42 Å². The number of hydrogen-bond donors (Lipinski definition) is 1. The van der Waals surface area contributed by atoms with Gasteiger partial charge in [0.15, 0.2) is 0 Å². The highest BCUT2D eigenvalue weighted by atomic mass is 16.3. The molecule has 0 saturated heterocycles. The maximum atomic E-state index is 11.3. The van der Waals surface area contributed by atoms with Gasteiger partial charge in [0.25, 0.3) is 0 Å². The van der Waals surface area contributed by atoms with Crippen LogP contribution < -0.4 is 0 Å². The Labute approximate surface area is 66.6 Å². The molecule has 0 aromatic rings. The van der Waals surface area contributed by atoms with E-state index in [1.54, 1.807) is 0 Å². The van der Waals surface area contributed by atoms with E-state index in [2.05, 4.69) is 0 Å². The van der Waals surface area contributed by atoms with Crippen LogP contribution in [-0.4, -0.2) is 17.5 Å². The SMILES string of the molecule is O=C1C[C@@H]2CCC[C@@H]2C1CO. The van der Waals surface area contributed by atoms with Crippen molar-refractivity contribution in [1.29, 1.82) is 0 Å². The average Bonchev–Trinajstić information content (AvgIpc) is 2.46. The van der Waals surface area contributed by atoms with Gasteiger partial charge in [-0.2, -0.15) is 0 Å². The fraction of sp³-hybridized carbons (Fsp3) is 0.889. The van der Waals surface area contributed by atoms with Gasteiger partial charge in [0.1, 0.15) is 5.78 Å². The van der Waals surface area contributed by atoms with Gasteiger partial charge < -0.3 is 5.11 Å². The van der Waals surface area contributed by atoms with Crippen molar-refractivity contribution in [2.75, 3.05) is 6.61 Å². The molecule has 2 rings (SSSR count). The molecule has 0 radical (unpaired) electrons. The molecule has 2 heteroatoms. The molecule has 3 atom stereocenters. The molecule has 0 amide bonds. The molecule has 2 fully saturated rings. The van der Waals surface area contributed by atoms with Crippen LogP contribution in [0.25, 0.3) is 0 Å². The van der Waals surface area contributed by atoms with E-state index in [1.165, 1.54) is 19.3 Å². The predicted molar refractivity (Wildman–Crippen MR) is 41.0 cm³/mol. The molecule has 0 aliphatic heterocycles. The van der Waals surface area contributed by atoms with Crippen LogP contribution in [0.2, 0.25) is 0 Å². The van der Waals surface area contributed by atoms with Crippen LogP contribution in [0.5, 0.6) is 0 Å². The first-order chi connectivity index (χ1) is 5.33. The van der Waals surface area contributed by atoms with E-state index >= 15 is 0 Å². The summed E-state index contributed by atoms with van der Waals surface area (Å²) in [5, 5.41) is 8.96. The lowest BCUT2D eigenvalue weighted by Crippen LogP contribution is -2.18. The summed E-state index contributed by atoms with van der Waals surface area (Å²) in [4.78, 5) is 11.3. The lowest BCUT2D eigenvalue weighted by Gasteiger charge is -2.13. The van der Waals surface area contributed by atoms with Crippen molar-refractivity contribution in [1.82, 2.24) is 0 Å². The minimum Gasteiger partial charge on any atom is -0.396 e. The largest absolute Gasteiger partial charge is 0.396 e. The third kappa shape index (κ3) is 1.00. The second-order valence-electron chi connectivity index (χ2n) is 3.81. The molecule has 2 nitrogen and oxygen atoms in total. The summed E-state index contributed by atoms with van der Waals surface area (Å²) >= 11 is 0. The van der Waals surface area contributed by atoms with Crippen LogP contribution in [0.4, 0.5) is 0 Å². The Morgan fingerprint density at radius 2 is 2.27 bits per heavy atom. The highest BCUT2D eigenvalue weighted by molar-refractivity contribution is 5.84. The first kappa shape index (κ1) is 7.29. The average molecular weight is 154 g/mol. The maximum Gasteiger partial charge on any atom is 0.138 e. The third-order valence-electron chi connectivity index (χ3n) is 3.31. The molecular weight excluding hydrogens is 140 g/mol. The first-order valence-electron chi connectivity index (χ1n) is 4.46. The summed E-state index contributed by atoms with van der Waals surface area (Å²) < 4.78 is 0. The number of rotatable bonds is 1. The number of aliphatic hydroxyl groups is 1. The lowest BCUT2D eigenvalue weighted by molar-refractivity contribution is -0.122. The minimum atomic E-state index is 0.00231. The van der Waals surface area contributed by atoms with Gasteiger partial charge in [0, 0.05) is 12.3 Å². The Kier molecular flexibility index (Phi) is 1.72. The monoisotopic (exact) mass is 154 g/mol. The van der Waals surface area contributed by atoms with Crippen molar-refractivity contribution in [3.05, 3.63) is 0 Å². The zero-order valence-electron chi connectivity index (χ0n) is 6.62. The van der Waals surface area contributed by atoms with Crippen LogP contribution in [-0.2, 0) is 4.79 Å². The van der Waals surface area contributed by atoms with Crippen molar-refractivity contribution in [2.24, 2.45) is 17.8 Å². The van der Waals surface area contributed by atoms with Crippen molar-refractivity contribution in [3.63, 3.8) is 0 Å². The van der Waals surface area contributed by atoms with Gasteiger partial charge in [-0.15, -0.1) is 0 Å². The van der Waals surface area contributed by atoms with Crippen molar-refractivity contribution < 1.29 is 9.90 Å². The molecule has 0 spiro atoms. The summed E-state index contributed by atoms with van der Waals surface area (Å²) in [6.07, 6.45) is 4.39. The molecule has 0 aromatic heterocycles. The number of ketones is 1. The van der Waals surface area contributed by atoms with Gasteiger partial charge in [-0.25, -0.2) is 0 Å². The number of Topliss-reactive ketones (excluding diaryl/α,β-unsaturated/α-hetero) is 1. The van der Waals surface area contributed by atoms with Crippen molar-refractivity contribution in [2.45, 2.75) is 25.7 Å². The zero-order valence-corrected chi connectivity index (χ0v) is 6.62. The Bertz CT molecular complexity index is 176. The van der Waals surface area contributed by atoms with Crippen molar-refractivity contribution in [3.8, 4) is 0 Å². The zero-order chi connectivity index (χ0) is 7.84. The standard InChI is InChI=1S/C9H14O2/c10-5-8-7-3-1-2-6(7)4-9(8)11/h6-8,10H,1-5H2/t6-,7-,8?/m0/s1. The Balaban J connectivity index is 2.13. The van der Waals surface area contributed by atoms with Gasteiger partial charge in [0.2, 0.25) is 0 Å². The summed E-state index contributed by atoms with van der Waals surface area (Å²) in [6, 6.07) is 0. The smallest absolute Gasteiger partial charge is 0.138 e. The second-order valence-corrected chi connectivity index (χ2v) is 3.81. The Hall–Kier alpha value is -0.370. The van der Waals surface area contributed by atoms with E-state index in [9.17, 15) is 4.79 Å². The fourth-order valence-electron chi connectivity index (χ4n) is 2.73. The van der Waals surface area contributed by atoms with Crippen LogP contribution >= 0.6 is 0 Å². The van der Waals surface area contributed by atoms with E-state index < -0.39 is 0 Å². The van der Waals surface area contributed by atoms with Crippen LogP contribution in [0.15, 0.2) is 0 Å². The molecule has 2 saturated carbocycles. The molecule has 62 valence electrons. The van der Waals surface area contributed by atoms with Gasteiger partial charge in [-0.3, -0.25) is 4.79 Å². The summed E-state index contributed by atoms with van der Waals surface area (Å²) in [5.74, 6) is 1.47. The number of fused-ring (bicyclic) bond motifs is 1. The molecule has 2 aliphatic carbocycles. The van der Waals surface area contributed by atoms with Crippen LogP contribution in [0.3, 0.4) is 0 Å². The highest BCUT2D eigenvalue weighted by Gasteiger charge is 2.43. The maximum absolute atomic E-state index is 11.3. The van der Waals surface area contributed by atoms with E-state index in [0.29, 0.717) is 17.6 Å². The Morgan fingerprint density at radius 3 is 3.00 bits per heavy atom. The molecule has 2 aliphatic rings. The topological polar surface area (TPSA) is 37.3 Å². The van der Waals surface area contributed by atoms with E-state index in [4.69, 9.17) is 5.11 Å². The second kappa shape index (κ2) is 2.59. The first-order valence-corrected chi connectivity index (χ1v) is 4.46. The highest BCUT2D eigenvalue weighted by Crippen LogP contribution is 2.45. The summed E-state index contributed by atoms with van der Waals surface area (Å²) in [5.41, 5.74) is 0. The molecular formula is C9H14O2. The number of carbonyl (C=O) groups is 1. The van der Waals surface area contributed by atoms with Crippen LogP contribution in [0.1, 0.15) is 25.7 Å². The van der Waals surface area contributed by atoms with Gasteiger partial charge in [-0.05, 0) is 24.7 Å². The number of hydrogen-bond acceptors (Lipinski definition) is 2. The molecule has 1 N–H and O–H groups in total. The lowest BCUT2D eigenvalue weighted by atomic mass is 9.93. The molecule has 11 heavy (non-hydrogen) atoms. The molecule has 0 heterocycles. The Morgan fingerprint density at radius 1 is 1.45 bits per heavy atom. The van der Waals surface area contributed by atoms with E-state index in [-0.39, 0.29) is 12.5 Å². The van der Waals surface area contributed by atoms with Gasteiger partial charge >= 0.3 is 0 Å². The van der Waals surface area contributed by atoms with Crippen LogP contribution in [0, 0.1) is 17.8 Å².